The lowest BCUT2D eigenvalue weighted by molar-refractivity contribution is -0.123. The first kappa shape index (κ1) is 19.7. The molecule has 0 atom stereocenters. The van der Waals surface area contributed by atoms with Gasteiger partial charge in [0.15, 0.2) is 0 Å². The fourth-order valence-corrected chi connectivity index (χ4v) is 2.67. The number of nitrogens with zero attached hydrogens (tertiary/aromatic N) is 1. The minimum absolute atomic E-state index is 0.221. The van der Waals surface area contributed by atoms with E-state index in [4.69, 9.17) is 27.9 Å². The highest BCUT2D eigenvalue weighted by molar-refractivity contribution is 6.44. The lowest BCUT2D eigenvalue weighted by atomic mass is 10.2. The topological polar surface area (TPSA) is 80.3 Å². The molecule has 28 heavy (non-hydrogen) atoms. The fraction of sp³-hybridized carbons (Fsp3) is 0.0500. The van der Waals surface area contributed by atoms with Crippen molar-refractivity contribution in [2.24, 2.45) is 0 Å². The Labute approximate surface area is 171 Å². The average molecular weight is 416 g/mol. The second-order valence-electron chi connectivity index (χ2n) is 5.69. The lowest BCUT2D eigenvalue weighted by Gasteiger charge is -2.10. The zero-order chi connectivity index (χ0) is 19.9. The van der Waals surface area contributed by atoms with Gasteiger partial charge in [0.05, 0.1) is 15.7 Å². The molecule has 0 saturated carbocycles. The fourth-order valence-electron chi connectivity index (χ4n) is 2.33. The molecule has 3 aromatic rings. The number of aromatic nitrogens is 1. The lowest BCUT2D eigenvalue weighted by Crippen LogP contribution is -2.21. The number of halogens is 2. The van der Waals surface area contributed by atoms with Crippen molar-refractivity contribution in [3.63, 3.8) is 0 Å². The van der Waals surface area contributed by atoms with Crippen molar-refractivity contribution < 1.29 is 14.3 Å². The molecule has 0 aliphatic heterocycles. The summed E-state index contributed by atoms with van der Waals surface area (Å²) in [7, 11) is 0. The van der Waals surface area contributed by atoms with E-state index in [1.165, 1.54) is 0 Å². The summed E-state index contributed by atoms with van der Waals surface area (Å²) in [5, 5.41) is 5.76. The van der Waals surface area contributed by atoms with E-state index >= 15 is 0 Å². The van der Waals surface area contributed by atoms with E-state index in [0.717, 1.165) is 0 Å². The molecule has 1 heterocycles. The van der Waals surface area contributed by atoms with Crippen LogP contribution >= 0.6 is 23.2 Å². The van der Waals surface area contributed by atoms with Crippen LogP contribution in [0.2, 0.25) is 10.0 Å². The monoisotopic (exact) mass is 415 g/mol. The van der Waals surface area contributed by atoms with Crippen LogP contribution in [-0.4, -0.2) is 16.8 Å². The molecule has 0 saturated heterocycles. The van der Waals surface area contributed by atoms with Gasteiger partial charge in [0, 0.05) is 24.1 Å². The Morgan fingerprint density at radius 2 is 1.61 bits per heavy atom. The number of hydrogen-bond acceptors (Lipinski definition) is 4. The molecule has 0 unspecified atom stereocenters. The number of carbonyl (C=O) groups excluding carboxylic acids is 2. The molecule has 3 rings (SSSR count). The van der Waals surface area contributed by atoms with Crippen LogP contribution < -0.4 is 15.4 Å². The maximum atomic E-state index is 12.2. The summed E-state index contributed by atoms with van der Waals surface area (Å²) < 4.78 is 5.69. The Morgan fingerprint density at radius 1 is 0.893 bits per heavy atom. The summed E-state index contributed by atoms with van der Waals surface area (Å²) in [6.07, 6.45) is 2.86. The van der Waals surface area contributed by atoms with Crippen molar-refractivity contribution >= 4 is 46.4 Å². The number of amides is 2. The van der Waals surface area contributed by atoms with Crippen molar-refractivity contribution in [3.05, 3.63) is 77.0 Å². The number of nitrogens with one attached hydrogen (secondary N) is 2. The SMILES string of the molecule is O=C(CC(=O)Nc1cccc(Cl)c1Cl)Nc1cccc(Oc2ccncc2)c1. The van der Waals surface area contributed by atoms with Gasteiger partial charge in [-0.2, -0.15) is 0 Å². The van der Waals surface area contributed by atoms with E-state index in [9.17, 15) is 9.59 Å². The standard InChI is InChI=1S/C20H15Cl2N3O3/c21-16-5-2-6-17(20(16)22)25-19(27)12-18(26)24-13-3-1-4-15(11-13)28-14-7-9-23-10-8-14/h1-11H,12H2,(H,24,26)(H,25,27). The van der Waals surface area contributed by atoms with Crippen LogP contribution in [0.3, 0.4) is 0 Å². The first-order valence-corrected chi connectivity index (χ1v) is 8.98. The maximum absolute atomic E-state index is 12.2. The van der Waals surface area contributed by atoms with Crippen molar-refractivity contribution in [2.75, 3.05) is 10.6 Å². The second kappa shape index (κ2) is 9.21. The first-order chi connectivity index (χ1) is 13.5. The molecule has 6 nitrogen and oxygen atoms in total. The van der Waals surface area contributed by atoms with Gasteiger partial charge >= 0.3 is 0 Å². The Balaban J connectivity index is 1.58. The summed E-state index contributed by atoms with van der Waals surface area (Å²) >= 11 is 11.9. The Hall–Kier alpha value is -3.09. The molecule has 0 aliphatic rings. The van der Waals surface area contributed by atoms with E-state index in [2.05, 4.69) is 15.6 Å². The van der Waals surface area contributed by atoms with E-state index in [1.807, 2.05) is 0 Å². The molecule has 2 N–H and O–H groups in total. The summed E-state index contributed by atoms with van der Waals surface area (Å²) in [6, 6.07) is 15.1. The summed E-state index contributed by atoms with van der Waals surface area (Å²) in [4.78, 5) is 28.2. The Bertz CT molecular complexity index is 997. The minimum atomic E-state index is -0.508. The quantitative estimate of drug-likeness (QED) is 0.545. The minimum Gasteiger partial charge on any atom is -0.457 e. The molecule has 8 heteroatoms. The van der Waals surface area contributed by atoms with Crippen molar-refractivity contribution in [1.82, 2.24) is 4.98 Å². The van der Waals surface area contributed by atoms with Crippen LogP contribution in [0.1, 0.15) is 6.42 Å². The van der Waals surface area contributed by atoms with Gasteiger partial charge in [0.25, 0.3) is 0 Å². The van der Waals surface area contributed by atoms with Crippen LogP contribution in [0.4, 0.5) is 11.4 Å². The van der Waals surface area contributed by atoms with Gasteiger partial charge in [0.2, 0.25) is 11.8 Å². The third-order valence-electron chi connectivity index (χ3n) is 3.55. The van der Waals surface area contributed by atoms with Gasteiger partial charge in [-0.3, -0.25) is 14.6 Å². The highest BCUT2D eigenvalue weighted by Crippen LogP contribution is 2.29. The summed E-state index contributed by atoms with van der Waals surface area (Å²) in [6.45, 7) is 0. The average Bonchev–Trinajstić information content (AvgIpc) is 2.66. The van der Waals surface area contributed by atoms with Gasteiger partial charge in [-0.05, 0) is 36.4 Å². The van der Waals surface area contributed by atoms with E-state index in [0.29, 0.717) is 27.9 Å². The molecule has 0 spiro atoms. The third kappa shape index (κ3) is 5.45. The van der Waals surface area contributed by atoms with Crippen LogP contribution in [0.15, 0.2) is 67.0 Å². The molecule has 0 aliphatic carbocycles. The molecule has 0 fully saturated rings. The predicted molar refractivity (Wildman–Crippen MR) is 109 cm³/mol. The summed E-state index contributed by atoms with van der Waals surface area (Å²) in [5.74, 6) is 0.179. The number of benzene rings is 2. The van der Waals surface area contributed by atoms with Crippen molar-refractivity contribution in [1.29, 1.82) is 0 Å². The zero-order valence-corrected chi connectivity index (χ0v) is 16.0. The molecular weight excluding hydrogens is 401 g/mol. The second-order valence-corrected chi connectivity index (χ2v) is 6.47. The Kier molecular flexibility index (Phi) is 6.47. The number of pyridine rings is 1. The van der Waals surface area contributed by atoms with Gasteiger partial charge in [0.1, 0.15) is 17.9 Å². The predicted octanol–water partition coefficient (Wildman–Crippen LogP) is 5.15. The van der Waals surface area contributed by atoms with Crippen LogP contribution in [-0.2, 0) is 9.59 Å². The van der Waals surface area contributed by atoms with E-state index in [1.54, 1.807) is 67.0 Å². The van der Waals surface area contributed by atoms with Gasteiger partial charge in [-0.15, -0.1) is 0 Å². The highest BCUT2D eigenvalue weighted by Gasteiger charge is 2.13. The van der Waals surface area contributed by atoms with Crippen LogP contribution in [0.25, 0.3) is 0 Å². The van der Waals surface area contributed by atoms with Gasteiger partial charge in [-0.1, -0.05) is 35.3 Å². The molecule has 142 valence electrons. The Morgan fingerprint density at radius 3 is 2.39 bits per heavy atom. The molecule has 0 radical (unpaired) electrons. The van der Waals surface area contributed by atoms with Gasteiger partial charge < -0.3 is 15.4 Å². The molecule has 2 aromatic carbocycles. The van der Waals surface area contributed by atoms with Crippen LogP contribution in [0.5, 0.6) is 11.5 Å². The largest absolute Gasteiger partial charge is 0.457 e. The number of hydrogen-bond donors (Lipinski definition) is 2. The van der Waals surface area contributed by atoms with E-state index < -0.39 is 11.8 Å². The van der Waals surface area contributed by atoms with Crippen molar-refractivity contribution in [3.8, 4) is 11.5 Å². The van der Waals surface area contributed by atoms with Crippen LogP contribution in [0, 0.1) is 0 Å². The molecule has 0 bridgehead atoms. The van der Waals surface area contributed by atoms with Crippen molar-refractivity contribution in [2.45, 2.75) is 6.42 Å². The highest BCUT2D eigenvalue weighted by atomic mass is 35.5. The van der Waals surface area contributed by atoms with E-state index in [-0.39, 0.29) is 11.4 Å². The number of ether oxygens (including phenoxy) is 1. The van der Waals surface area contributed by atoms with Gasteiger partial charge in [-0.25, -0.2) is 0 Å². The molecular formula is C20H15Cl2N3O3. The summed E-state index contributed by atoms with van der Waals surface area (Å²) in [5.41, 5.74) is 0.852. The number of rotatable bonds is 6. The number of carbonyl (C=O) groups is 2. The first-order valence-electron chi connectivity index (χ1n) is 8.23. The molecule has 2 amide bonds. The number of anilines is 2. The smallest absolute Gasteiger partial charge is 0.233 e. The molecule has 1 aromatic heterocycles. The third-order valence-corrected chi connectivity index (χ3v) is 4.37. The zero-order valence-electron chi connectivity index (χ0n) is 14.5. The maximum Gasteiger partial charge on any atom is 0.233 e. The normalized spacial score (nSPS) is 10.2.